The smallest absolute Gasteiger partial charge is 0.124 e. The van der Waals surface area contributed by atoms with Gasteiger partial charge in [0, 0.05) is 5.56 Å². The molecule has 1 atom stereocenters. The number of benzene rings is 1. The van der Waals surface area contributed by atoms with Gasteiger partial charge in [-0.1, -0.05) is 13.3 Å². The molecule has 2 nitrogen and oxygen atoms in total. The Morgan fingerprint density at radius 1 is 1.38 bits per heavy atom. The molecule has 1 aromatic carbocycles. The fourth-order valence-electron chi connectivity index (χ4n) is 1.58. The van der Waals surface area contributed by atoms with Crippen LogP contribution in [0.3, 0.4) is 0 Å². The summed E-state index contributed by atoms with van der Waals surface area (Å²) in [5.74, 6) is 2.11. The molecule has 1 unspecified atom stereocenters. The van der Waals surface area contributed by atoms with Gasteiger partial charge in [0.05, 0.1) is 19.1 Å². The molecule has 0 bridgehead atoms. The molecule has 0 spiro atoms. The van der Waals surface area contributed by atoms with Crippen LogP contribution >= 0.6 is 11.6 Å². The highest BCUT2D eigenvalue weighted by molar-refractivity contribution is 6.17. The molecule has 0 amide bonds. The van der Waals surface area contributed by atoms with Crippen LogP contribution in [0.2, 0.25) is 0 Å². The van der Waals surface area contributed by atoms with Gasteiger partial charge in [-0.15, -0.1) is 11.6 Å². The average Bonchev–Trinajstić information content (AvgIpc) is 2.30. The van der Waals surface area contributed by atoms with Crippen molar-refractivity contribution in [1.82, 2.24) is 0 Å². The maximum atomic E-state index is 5.89. The molecule has 0 aliphatic rings. The number of halogens is 1. The first kappa shape index (κ1) is 13.2. The second kappa shape index (κ2) is 6.64. The second-order valence-electron chi connectivity index (χ2n) is 3.82. The topological polar surface area (TPSA) is 18.5 Å². The first-order chi connectivity index (χ1) is 7.71. The summed E-state index contributed by atoms with van der Waals surface area (Å²) in [6.45, 7) is 4.22. The highest BCUT2D eigenvalue weighted by atomic mass is 35.5. The summed E-state index contributed by atoms with van der Waals surface area (Å²) in [5, 5.41) is 0. The Labute approximate surface area is 103 Å². The third-order valence-electron chi connectivity index (χ3n) is 2.43. The summed E-state index contributed by atoms with van der Waals surface area (Å²) in [6.07, 6.45) is 2.39. The molecule has 0 N–H and O–H groups in total. The van der Waals surface area contributed by atoms with Crippen LogP contribution in [0.25, 0.3) is 0 Å². The number of alkyl halides is 1. The van der Waals surface area contributed by atoms with Gasteiger partial charge in [0.15, 0.2) is 0 Å². The van der Waals surface area contributed by atoms with E-state index in [1.54, 1.807) is 7.11 Å². The Morgan fingerprint density at radius 3 is 2.69 bits per heavy atom. The summed E-state index contributed by atoms with van der Waals surface area (Å²) >= 11 is 5.89. The molecule has 16 heavy (non-hydrogen) atoms. The predicted molar refractivity (Wildman–Crippen MR) is 67.5 cm³/mol. The maximum absolute atomic E-state index is 5.89. The van der Waals surface area contributed by atoms with Crippen molar-refractivity contribution in [3.63, 3.8) is 0 Å². The normalized spacial score (nSPS) is 12.2. The highest BCUT2D eigenvalue weighted by Gasteiger charge is 2.08. The molecule has 1 rings (SSSR count). The van der Waals surface area contributed by atoms with Crippen LogP contribution < -0.4 is 9.47 Å². The summed E-state index contributed by atoms with van der Waals surface area (Å²) in [7, 11) is 1.65. The number of methoxy groups -OCH3 is 1. The average molecular weight is 243 g/mol. The lowest BCUT2D eigenvalue weighted by atomic mass is 10.2. The molecular formula is C13H19ClO2. The van der Waals surface area contributed by atoms with E-state index in [2.05, 4.69) is 13.8 Å². The van der Waals surface area contributed by atoms with Gasteiger partial charge in [-0.25, -0.2) is 0 Å². The van der Waals surface area contributed by atoms with Gasteiger partial charge in [-0.05, 0) is 31.5 Å². The van der Waals surface area contributed by atoms with E-state index < -0.39 is 0 Å². The Kier molecular flexibility index (Phi) is 5.47. The molecule has 0 saturated carbocycles. The van der Waals surface area contributed by atoms with Gasteiger partial charge >= 0.3 is 0 Å². The van der Waals surface area contributed by atoms with Crippen molar-refractivity contribution in [3.8, 4) is 11.5 Å². The standard InChI is InChI=1S/C13H19ClO2/c1-4-5-10(2)16-13-7-6-12(15-3)8-11(13)9-14/h6-8,10H,4-5,9H2,1-3H3. The van der Waals surface area contributed by atoms with E-state index in [9.17, 15) is 0 Å². The van der Waals surface area contributed by atoms with Crippen molar-refractivity contribution < 1.29 is 9.47 Å². The Hall–Kier alpha value is -0.890. The van der Waals surface area contributed by atoms with Gasteiger partial charge in [-0.2, -0.15) is 0 Å². The summed E-state index contributed by atoms with van der Waals surface area (Å²) in [4.78, 5) is 0. The van der Waals surface area contributed by atoms with Crippen molar-refractivity contribution in [2.24, 2.45) is 0 Å². The van der Waals surface area contributed by atoms with Crippen LogP contribution in [0.15, 0.2) is 18.2 Å². The molecule has 0 fully saturated rings. The van der Waals surface area contributed by atoms with Crippen molar-refractivity contribution in [1.29, 1.82) is 0 Å². The highest BCUT2D eigenvalue weighted by Crippen LogP contribution is 2.27. The second-order valence-corrected chi connectivity index (χ2v) is 4.09. The first-order valence-corrected chi connectivity index (χ1v) is 6.14. The number of hydrogen-bond donors (Lipinski definition) is 0. The minimum absolute atomic E-state index is 0.223. The number of hydrogen-bond acceptors (Lipinski definition) is 2. The first-order valence-electron chi connectivity index (χ1n) is 5.60. The molecule has 90 valence electrons. The van der Waals surface area contributed by atoms with E-state index >= 15 is 0 Å². The van der Waals surface area contributed by atoms with Crippen molar-refractivity contribution in [2.75, 3.05) is 7.11 Å². The van der Waals surface area contributed by atoms with Crippen molar-refractivity contribution >= 4 is 11.6 Å². The maximum Gasteiger partial charge on any atom is 0.124 e. The fraction of sp³-hybridized carbons (Fsp3) is 0.538. The van der Waals surface area contributed by atoms with Crippen LogP contribution in [-0.4, -0.2) is 13.2 Å². The Morgan fingerprint density at radius 2 is 2.12 bits per heavy atom. The van der Waals surface area contributed by atoms with Crippen molar-refractivity contribution in [2.45, 2.75) is 38.7 Å². The van der Waals surface area contributed by atoms with E-state index in [0.29, 0.717) is 5.88 Å². The predicted octanol–water partition coefficient (Wildman–Crippen LogP) is 4.00. The van der Waals surface area contributed by atoms with Crippen LogP contribution in [0, 0.1) is 0 Å². The quantitative estimate of drug-likeness (QED) is 0.702. The third kappa shape index (κ3) is 3.60. The van der Waals surface area contributed by atoms with Crippen molar-refractivity contribution in [3.05, 3.63) is 23.8 Å². The summed E-state index contributed by atoms with van der Waals surface area (Å²) < 4.78 is 11.0. The monoisotopic (exact) mass is 242 g/mol. The van der Waals surface area contributed by atoms with E-state index in [0.717, 1.165) is 29.9 Å². The van der Waals surface area contributed by atoms with Gasteiger partial charge in [0.2, 0.25) is 0 Å². The van der Waals surface area contributed by atoms with Gasteiger partial charge < -0.3 is 9.47 Å². The Balaban J connectivity index is 2.78. The molecule has 0 radical (unpaired) electrons. The van der Waals surface area contributed by atoms with Crippen LogP contribution in [0.5, 0.6) is 11.5 Å². The van der Waals surface area contributed by atoms with Gasteiger partial charge in [0.1, 0.15) is 11.5 Å². The van der Waals surface area contributed by atoms with Gasteiger partial charge in [0.25, 0.3) is 0 Å². The zero-order valence-corrected chi connectivity index (χ0v) is 10.9. The van der Waals surface area contributed by atoms with Crippen LogP contribution in [0.1, 0.15) is 32.3 Å². The molecule has 0 aromatic heterocycles. The summed E-state index contributed by atoms with van der Waals surface area (Å²) in [5.41, 5.74) is 0.976. The molecule has 1 aromatic rings. The van der Waals surface area contributed by atoms with E-state index in [-0.39, 0.29) is 6.10 Å². The van der Waals surface area contributed by atoms with Crippen LogP contribution in [-0.2, 0) is 5.88 Å². The zero-order valence-electron chi connectivity index (χ0n) is 10.1. The minimum Gasteiger partial charge on any atom is -0.497 e. The van der Waals surface area contributed by atoms with Crippen LogP contribution in [0.4, 0.5) is 0 Å². The lowest BCUT2D eigenvalue weighted by molar-refractivity contribution is 0.208. The molecule has 0 aliphatic carbocycles. The molecular weight excluding hydrogens is 224 g/mol. The fourth-order valence-corrected chi connectivity index (χ4v) is 1.79. The number of ether oxygens (including phenoxy) is 2. The molecule has 0 saturated heterocycles. The molecule has 0 aliphatic heterocycles. The SMILES string of the molecule is CCCC(C)Oc1ccc(OC)cc1CCl. The third-order valence-corrected chi connectivity index (χ3v) is 2.72. The van der Waals surface area contributed by atoms with E-state index in [1.165, 1.54) is 0 Å². The van der Waals surface area contributed by atoms with E-state index in [1.807, 2.05) is 18.2 Å². The summed E-state index contributed by atoms with van der Waals surface area (Å²) in [6, 6.07) is 5.73. The lowest BCUT2D eigenvalue weighted by Gasteiger charge is -2.16. The molecule has 3 heteroatoms. The number of rotatable bonds is 6. The minimum atomic E-state index is 0.223. The zero-order chi connectivity index (χ0) is 12.0. The largest absolute Gasteiger partial charge is 0.497 e. The van der Waals surface area contributed by atoms with Gasteiger partial charge in [-0.3, -0.25) is 0 Å². The van der Waals surface area contributed by atoms with E-state index in [4.69, 9.17) is 21.1 Å². The lowest BCUT2D eigenvalue weighted by Crippen LogP contribution is -2.12. The Bertz CT molecular complexity index is 326. The molecule has 0 heterocycles.